The van der Waals surface area contributed by atoms with E-state index < -0.39 is 29.6 Å². The van der Waals surface area contributed by atoms with Crippen molar-refractivity contribution < 1.29 is 31.4 Å². The zero-order valence-corrected chi connectivity index (χ0v) is 26.5. The van der Waals surface area contributed by atoms with Crippen LogP contribution in [-0.4, -0.2) is 82.2 Å². The number of hydrogen-bond donors (Lipinski definition) is 1. The number of halogens is 5. The normalized spacial score (nSPS) is 27.7. The van der Waals surface area contributed by atoms with Gasteiger partial charge in [0.2, 0.25) is 0 Å². The van der Waals surface area contributed by atoms with E-state index in [0.29, 0.717) is 59.2 Å². The van der Waals surface area contributed by atoms with Crippen molar-refractivity contribution in [2.24, 2.45) is 0 Å². The van der Waals surface area contributed by atoms with E-state index in [2.05, 4.69) is 25.9 Å². The van der Waals surface area contributed by atoms with Gasteiger partial charge in [-0.3, -0.25) is 9.64 Å². The molecule has 5 aliphatic heterocycles. The summed E-state index contributed by atoms with van der Waals surface area (Å²) in [4.78, 5) is 18.7. The van der Waals surface area contributed by atoms with Crippen molar-refractivity contribution in [1.82, 2.24) is 25.2 Å². The van der Waals surface area contributed by atoms with Crippen molar-refractivity contribution in [3.63, 3.8) is 0 Å². The Balaban J connectivity index is 1.18. The van der Waals surface area contributed by atoms with E-state index >= 15 is 4.39 Å². The van der Waals surface area contributed by atoms with Crippen LogP contribution in [0.1, 0.15) is 49.8 Å². The fraction of sp³-hybridized carbons (Fsp3) is 0.472. The summed E-state index contributed by atoms with van der Waals surface area (Å²) in [5.41, 5.74) is 0.383. The zero-order valence-electron chi connectivity index (χ0n) is 26.5. The highest BCUT2D eigenvalue weighted by Crippen LogP contribution is 2.45. The average molecular weight is 677 g/mol. The van der Waals surface area contributed by atoms with Crippen LogP contribution >= 0.6 is 0 Å². The van der Waals surface area contributed by atoms with Crippen LogP contribution in [0, 0.1) is 24.0 Å². The minimum absolute atomic E-state index is 0.00816. The summed E-state index contributed by atoms with van der Waals surface area (Å²) in [6.45, 7) is 1.49. The number of pyridine rings is 1. The number of nitrogens with one attached hydrogen (secondary N) is 1. The second-order valence-electron chi connectivity index (χ2n) is 14.0. The summed E-state index contributed by atoms with van der Waals surface area (Å²) in [6, 6.07) is 8.67. The number of aryl methyl sites for hydroxylation is 1. The van der Waals surface area contributed by atoms with Crippen molar-refractivity contribution in [3.8, 4) is 29.6 Å². The van der Waals surface area contributed by atoms with E-state index in [1.807, 2.05) is 4.90 Å². The molecule has 13 heteroatoms. The lowest BCUT2D eigenvalue weighted by Gasteiger charge is -2.41. The van der Waals surface area contributed by atoms with Crippen LogP contribution in [0.5, 0.6) is 6.01 Å². The van der Waals surface area contributed by atoms with Gasteiger partial charge in [-0.25, -0.2) is 13.8 Å². The molecule has 49 heavy (non-hydrogen) atoms. The van der Waals surface area contributed by atoms with Gasteiger partial charge < -0.3 is 15.0 Å². The standard InChI is InChI=1S/C36H33F5N6O2/c1-2-22-24(37)9-7-19-5-3-6-23(28(19)22)31-30(38)32-29-26(43-31)11-12-27-25-10-8-20(42-25)16-47(27)33(29)45-34(44-32)48-18-35-13-4-14-46(35)17-21(15-35)49-36(39,40)41/h1,3,5-7,9,20-21,25,27,42H,4,8,10-18H2/t20-,21-,25+,27-,35-/m1/s1. The first kappa shape index (κ1) is 30.9. The number of aromatic nitrogens is 3. The predicted octanol–water partition coefficient (Wildman–Crippen LogP) is 5.88. The van der Waals surface area contributed by atoms with Gasteiger partial charge in [0.15, 0.2) is 5.82 Å². The first-order valence-corrected chi connectivity index (χ1v) is 16.8. The van der Waals surface area contributed by atoms with E-state index in [4.69, 9.17) is 21.1 Å². The summed E-state index contributed by atoms with van der Waals surface area (Å²) < 4.78 is 82.2. The molecule has 7 heterocycles. The van der Waals surface area contributed by atoms with E-state index in [9.17, 15) is 17.6 Å². The summed E-state index contributed by atoms with van der Waals surface area (Å²) in [6.07, 6.45) is 4.97. The molecule has 2 aromatic heterocycles. The lowest BCUT2D eigenvalue weighted by atomic mass is 9.94. The Bertz CT molecular complexity index is 2050. The minimum atomic E-state index is -4.73. The van der Waals surface area contributed by atoms with Gasteiger partial charge >= 0.3 is 12.4 Å². The molecule has 0 spiro atoms. The quantitative estimate of drug-likeness (QED) is 0.208. The maximum atomic E-state index is 17.1. The molecule has 0 unspecified atom stereocenters. The molecule has 0 amide bonds. The van der Waals surface area contributed by atoms with E-state index in [1.54, 1.807) is 24.3 Å². The van der Waals surface area contributed by atoms with Crippen molar-refractivity contribution >= 4 is 27.5 Å². The summed E-state index contributed by atoms with van der Waals surface area (Å²) in [7, 11) is 0. The number of alkyl halides is 3. The Hall–Kier alpha value is -4.12. The van der Waals surface area contributed by atoms with Crippen LogP contribution < -0.4 is 15.0 Å². The Kier molecular flexibility index (Phi) is 7.06. The van der Waals surface area contributed by atoms with Gasteiger partial charge in [0, 0.05) is 42.2 Å². The van der Waals surface area contributed by atoms with Crippen LogP contribution in [0.3, 0.4) is 0 Å². The van der Waals surface area contributed by atoms with Gasteiger partial charge in [-0.05, 0) is 62.9 Å². The molecule has 2 bridgehead atoms. The first-order chi connectivity index (χ1) is 23.6. The molecule has 4 saturated heterocycles. The second kappa shape index (κ2) is 11.2. The highest BCUT2D eigenvalue weighted by Gasteiger charge is 2.52. The van der Waals surface area contributed by atoms with E-state index in [1.165, 1.54) is 6.07 Å². The fourth-order valence-electron chi connectivity index (χ4n) is 9.24. The van der Waals surface area contributed by atoms with Crippen LogP contribution in [-0.2, 0) is 11.2 Å². The molecule has 5 atom stereocenters. The Morgan fingerprint density at radius 2 is 1.92 bits per heavy atom. The third-order valence-electron chi connectivity index (χ3n) is 11.3. The number of ether oxygens (including phenoxy) is 2. The molecule has 4 fully saturated rings. The summed E-state index contributed by atoms with van der Waals surface area (Å²) in [5, 5.41) is 5.27. The number of anilines is 1. The monoisotopic (exact) mass is 676 g/mol. The molecular weight excluding hydrogens is 643 g/mol. The van der Waals surface area contributed by atoms with Crippen LogP contribution in [0.2, 0.25) is 0 Å². The van der Waals surface area contributed by atoms with E-state index in [0.717, 1.165) is 25.7 Å². The number of benzene rings is 2. The van der Waals surface area contributed by atoms with Crippen molar-refractivity contribution in [3.05, 3.63) is 53.2 Å². The lowest BCUT2D eigenvalue weighted by molar-refractivity contribution is -0.340. The lowest BCUT2D eigenvalue weighted by Crippen LogP contribution is -2.58. The Morgan fingerprint density at radius 3 is 2.76 bits per heavy atom. The topological polar surface area (TPSA) is 75.6 Å². The third kappa shape index (κ3) is 5.02. The molecule has 8 nitrogen and oxygen atoms in total. The molecular formula is C36H33F5N6O2. The highest BCUT2D eigenvalue weighted by atomic mass is 19.4. The van der Waals surface area contributed by atoms with Crippen LogP contribution in [0.25, 0.3) is 32.9 Å². The number of rotatable bonds is 5. The predicted molar refractivity (Wildman–Crippen MR) is 172 cm³/mol. The van der Waals surface area contributed by atoms with Gasteiger partial charge in [0.25, 0.3) is 0 Å². The average Bonchev–Trinajstić information content (AvgIpc) is 3.71. The molecule has 0 saturated carbocycles. The SMILES string of the molecule is C#Cc1c(F)ccc2cccc(-c3nc4c5c(nc(OC[C@]67CCCN6C[C@H](OC(F)(F)F)C7)nc5c3F)N3C[C@H]5CC[C@H](N5)[C@H]3CC4)c12. The fourth-order valence-corrected chi connectivity index (χ4v) is 9.24. The molecule has 1 N–H and O–H groups in total. The maximum absolute atomic E-state index is 17.1. The molecule has 0 radical (unpaired) electrons. The molecule has 5 aliphatic rings. The highest BCUT2D eigenvalue weighted by molar-refractivity contribution is 6.02. The smallest absolute Gasteiger partial charge is 0.461 e. The zero-order chi connectivity index (χ0) is 33.7. The third-order valence-corrected chi connectivity index (χ3v) is 11.3. The van der Waals surface area contributed by atoms with Gasteiger partial charge in [0.05, 0.1) is 28.3 Å². The van der Waals surface area contributed by atoms with Gasteiger partial charge in [-0.15, -0.1) is 19.6 Å². The number of piperazine rings is 1. The van der Waals surface area contributed by atoms with Crippen molar-refractivity contribution in [2.75, 3.05) is 31.1 Å². The molecule has 9 rings (SSSR count). The molecule has 254 valence electrons. The Morgan fingerprint density at radius 1 is 1.04 bits per heavy atom. The second-order valence-corrected chi connectivity index (χ2v) is 14.0. The van der Waals surface area contributed by atoms with Crippen LogP contribution in [0.15, 0.2) is 30.3 Å². The van der Waals surface area contributed by atoms with Gasteiger partial charge in [-0.2, -0.15) is 9.97 Å². The molecule has 4 aromatic rings. The first-order valence-electron chi connectivity index (χ1n) is 16.8. The van der Waals surface area contributed by atoms with Gasteiger partial charge in [-0.1, -0.05) is 30.2 Å². The maximum Gasteiger partial charge on any atom is 0.522 e. The van der Waals surface area contributed by atoms with Crippen molar-refractivity contribution in [2.45, 2.75) is 81.1 Å². The molecule has 2 aromatic carbocycles. The minimum Gasteiger partial charge on any atom is -0.461 e. The number of hydrogen-bond acceptors (Lipinski definition) is 8. The van der Waals surface area contributed by atoms with E-state index in [-0.39, 0.29) is 60.5 Å². The number of terminal acetylenes is 1. The summed E-state index contributed by atoms with van der Waals surface area (Å²) in [5.74, 6) is 1.70. The van der Waals surface area contributed by atoms with Crippen molar-refractivity contribution in [1.29, 1.82) is 0 Å². The summed E-state index contributed by atoms with van der Waals surface area (Å²) >= 11 is 0. The largest absolute Gasteiger partial charge is 0.522 e. The number of fused-ring (bicyclic) bond motifs is 7. The van der Waals surface area contributed by atoms with Gasteiger partial charge in [0.1, 0.15) is 29.5 Å². The number of nitrogens with zero attached hydrogens (tertiary/aromatic N) is 5. The molecule has 0 aliphatic carbocycles. The van der Waals surface area contributed by atoms with Crippen LogP contribution in [0.4, 0.5) is 27.8 Å². The Labute approximate surface area is 279 Å².